The SMILES string of the molecule is COC(c1ccc(C(=O)CCCCCCCC(=O)NO)cc1)(c1cc(F)cc(F)c1)c1cc(F)cc(F)c1. The number of rotatable bonds is 13. The highest BCUT2D eigenvalue weighted by atomic mass is 19.1. The van der Waals surface area contributed by atoms with Gasteiger partial charge in [0.25, 0.3) is 0 Å². The number of halogens is 4. The molecule has 3 aromatic rings. The molecule has 0 spiro atoms. The third-order valence-electron chi connectivity index (χ3n) is 6.39. The number of methoxy groups -OCH3 is 1. The van der Waals surface area contributed by atoms with Crippen molar-refractivity contribution in [2.75, 3.05) is 7.11 Å². The number of hydrogen-bond donors (Lipinski definition) is 2. The molecular weight excluding hydrogens is 502 g/mol. The standard InChI is InChI=1S/C29H29F4NO4/c1-38-29(21-13-23(30)17-24(31)14-21,22-15-25(32)18-26(33)16-22)20-11-9-19(10-12-20)27(35)7-5-3-2-4-6-8-28(36)34-37/h9-18,37H,2-8H2,1H3,(H,34,36). The van der Waals surface area contributed by atoms with Crippen molar-refractivity contribution in [2.24, 2.45) is 0 Å². The second-order valence-electron chi connectivity index (χ2n) is 9.00. The van der Waals surface area contributed by atoms with Gasteiger partial charge >= 0.3 is 0 Å². The highest BCUT2D eigenvalue weighted by Crippen LogP contribution is 2.41. The van der Waals surface area contributed by atoms with Crippen LogP contribution in [0, 0.1) is 23.3 Å². The monoisotopic (exact) mass is 531 g/mol. The molecule has 1 amide bonds. The van der Waals surface area contributed by atoms with Crippen molar-refractivity contribution in [3.63, 3.8) is 0 Å². The zero-order valence-electron chi connectivity index (χ0n) is 20.9. The number of nitrogens with one attached hydrogen (secondary N) is 1. The molecule has 3 aromatic carbocycles. The minimum atomic E-state index is -1.76. The molecule has 0 aromatic heterocycles. The lowest BCUT2D eigenvalue weighted by Gasteiger charge is -2.34. The third kappa shape index (κ3) is 7.05. The van der Waals surface area contributed by atoms with Crippen LogP contribution >= 0.6 is 0 Å². The van der Waals surface area contributed by atoms with Crippen LogP contribution < -0.4 is 5.48 Å². The van der Waals surface area contributed by atoms with Gasteiger partial charge in [-0.2, -0.15) is 0 Å². The predicted octanol–water partition coefficient (Wildman–Crippen LogP) is 6.60. The number of Topliss-reactive ketones (excluding diaryl/α,β-unsaturated/α-hetero) is 1. The normalized spacial score (nSPS) is 11.4. The summed E-state index contributed by atoms with van der Waals surface area (Å²) >= 11 is 0. The van der Waals surface area contributed by atoms with E-state index in [2.05, 4.69) is 0 Å². The Labute approximate surface area is 218 Å². The minimum Gasteiger partial charge on any atom is -0.364 e. The number of hydrogen-bond acceptors (Lipinski definition) is 4. The van der Waals surface area contributed by atoms with Crippen molar-refractivity contribution in [2.45, 2.75) is 50.5 Å². The predicted molar refractivity (Wildman–Crippen MR) is 133 cm³/mol. The van der Waals surface area contributed by atoms with Gasteiger partial charge in [0.05, 0.1) is 0 Å². The summed E-state index contributed by atoms with van der Waals surface area (Å²) in [4.78, 5) is 23.7. The fourth-order valence-electron chi connectivity index (χ4n) is 4.56. The van der Waals surface area contributed by atoms with Gasteiger partial charge in [0.1, 0.15) is 28.9 Å². The maximum absolute atomic E-state index is 14.2. The summed E-state index contributed by atoms with van der Waals surface area (Å²) in [5.74, 6) is -4.08. The Balaban J connectivity index is 1.81. The van der Waals surface area contributed by atoms with E-state index in [-0.39, 0.29) is 23.3 Å². The first-order chi connectivity index (χ1) is 18.2. The summed E-state index contributed by atoms with van der Waals surface area (Å²) in [6.07, 6.45) is 4.29. The van der Waals surface area contributed by atoms with Crippen LogP contribution in [-0.4, -0.2) is 24.0 Å². The van der Waals surface area contributed by atoms with Crippen LogP contribution in [0.1, 0.15) is 72.0 Å². The van der Waals surface area contributed by atoms with Gasteiger partial charge < -0.3 is 4.74 Å². The van der Waals surface area contributed by atoms with Crippen molar-refractivity contribution in [1.82, 2.24) is 5.48 Å². The van der Waals surface area contributed by atoms with Crippen molar-refractivity contribution in [3.05, 3.63) is 106 Å². The Morgan fingerprint density at radius 1 is 0.711 bits per heavy atom. The molecule has 5 nitrogen and oxygen atoms in total. The topological polar surface area (TPSA) is 75.6 Å². The summed E-state index contributed by atoms with van der Waals surface area (Å²) in [5, 5.41) is 8.48. The van der Waals surface area contributed by atoms with Crippen LogP contribution in [0.4, 0.5) is 17.6 Å². The first kappa shape index (κ1) is 29.0. The second kappa shape index (κ2) is 13.3. The van der Waals surface area contributed by atoms with Crippen molar-refractivity contribution < 1.29 is 37.1 Å². The fraction of sp³-hybridized carbons (Fsp3) is 0.310. The minimum absolute atomic E-state index is 0.0157. The molecule has 9 heteroatoms. The van der Waals surface area contributed by atoms with E-state index in [0.29, 0.717) is 42.5 Å². The largest absolute Gasteiger partial charge is 0.364 e. The first-order valence-corrected chi connectivity index (χ1v) is 12.2. The molecule has 0 aliphatic rings. The molecule has 0 aliphatic carbocycles. The van der Waals surface area contributed by atoms with E-state index in [1.807, 2.05) is 0 Å². The Kier molecular flexibility index (Phi) is 10.2. The number of carbonyl (C=O) groups is 2. The highest BCUT2D eigenvalue weighted by Gasteiger charge is 2.38. The van der Waals surface area contributed by atoms with Gasteiger partial charge in [-0.05, 0) is 53.8 Å². The molecule has 0 saturated carbocycles. The molecular formula is C29H29F4NO4. The average molecular weight is 532 g/mol. The van der Waals surface area contributed by atoms with E-state index in [9.17, 15) is 27.2 Å². The van der Waals surface area contributed by atoms with Gasteiger partial charge in [-0.15, -0.1) is 0 Å². The molecule has 0 fully saturated rings. The number of hydroxylamine groups is 1. The summed E-state index contributed by atoms with van der Waals surface area (Å²) in [6, 6.07) is 11.7. The molecule has 0 unspecified atom stereocenters. The summed E-state index contributed by atoms with van der Waals surface area (Å²) in [7, 11) is 1.26. The van der Waals surface area contributed by atoms with E-state index in [4.69, 9.17) is 9.94 Å². The fourth-order valence-corrected chi connectivity index (χ4v) is 4.56. The Bertz CT molecular complexity index is 1170. The number of carbonyl (C=O) groups excluding carboxylic acids is 2. The summed E-state index contributed by atoms with van der Waals surface area (Å²) in [6.45, 7) is 0. The van der Waals surface area contributed by atoms with Gasteiger partial charge in [0.15, 0.2) is 5.78 Å². The zero-order chi connectivity index (χ0) is 27.7. The number of amides is 1. The van der Waals surface area contributed by atoms with Crippen molar-refractivity contribution >= 4 is 11.7 Å². The molecule has 0 radical (unpaired) electrons. The van der Waals surface area contributed by atoms with Gasteiger partial charge in [-0.25, -0.2) is 23.0 Å². The molecule has 0 saturated heterocycles. The molecule has 0 aliphatic heterocycles. The molecule has 202 valence electrons. The molecule has 3 rings (SSSR count). The van der Waals surface area contributed by atoms with Crippen molar-refractivity contribution in [3.8, 4) is 0 Å². The van der Waals surface area contributed by atoms with E-state index in [1.54, 1.807) is 17.6 Å². The maximum Gasteiger partial charge on any atom is 0.243 e. The molecule has 0 heterocycles. The van der Waals surface area contributed by atoms with Gasteiger partial charge in [0.2, 0.25) is 5.91 Å². The van der Waals surface area contributed by atoms with Crippen LogP contribution in [-0.2, 0) is 15.1 Å². The smallest absolute Gasteiger partial charge is 0.243 e. The lowest BCUT2D eigenvalue weighted by atomic mass is 9.79. The van der Waals surface area contributed by atoms with Crippen LogP contribution in [0.5, 0.6) is 0 Å². The molecule has 0 atom stereocenters. The highest BCUT2D eigenvalue weighted by molar-refractivity contribution is 5.96. The average Bonchev–Trinajstić information content (AvgIpc) is 2.88. The van der Waals surface area contributed by atoms with Crippen LogP contribution in [0.25, 0.3) is 0 Å². The number of ketones is 1. The summed E-state index contributed by atoms with van der Waals surface area (Å²) < 4.78 is 62.6. The number of unbranched alkanes of at least 4 members (excludes halogenated alkanes) is 4. The number of benzene rings is 3. The molecule has 2 N–H and O–H groups in total. The maximum atomic E-state index is 14.2. The lowest BCUT2D eigenvalue weighted by Crippen LogP contribution is -2.32. The third-order valence-corrected chi connectivity index (χ3v) is 6.39. The van der Waals surface area contributed by atoms with Crippen molar-refractivity contribution in [1.29, 1.82) is 0 Å². The summed E-state index contributed by atoms with van der Waals surface area (Å²) in [5.41, 5.74) is 0.522. The van der Waals surface area contributed by atoms with E-state index < -0.39 is 34.8 Å². The van der Waals surface area contributed by atoms with E-state index in [0.717, 1.165) is 43.5 Å². The van der Waals surface area contributed by atoms with Crippen LogP contribution in [0.15, 0.2) is 60.7 Å². The quantitative estimate of drug-likeness (QED) is 0.0651. The lowest BCUT2D eigenvalue weighted by molar-refractivity contribution is -0.129. The number of ether oxygens (including phenoxy) is 1. The zero-order valence-corrected chi connectivity index (χ0v) is 20.9. The second-order valence-corrected chi connectivity index (χ2v) is 9.00. The molecule has 38 heavy (non-hydrogen) atoms. The van der Waals surface area contributed by atoms with Gasteiger partial charge in [-0.3, -0.25) is 14.8 Å². The first-order valence-electron chi connectivity index (χ1n) is 12.2. The Hall–Kier alpha value is -3.56. The Morgan fingerprint density at radius 2 is 1.16 bits per heavy atom. The van der Waals surface area contributed by atoms with Gasteiger partial charge in [-0.1, -0.05) is 43.5 Å². The van der Waals surface area contributed by atoms with Gasteiger partial charge in [0, 0.05) is 37.6 Å². The van der Waals surface area contributed by atoms with E-state index in [1.165, 1.54) is 19.2 Å². The Morgan fingerprint density at radius 3 is 1.61 bits per heavy atom. The van der Waals surface area contributed by atoms with Crippen LogP contribution in [0.3, 0.4) is 0 Å². The van der Waals surface area contributed by atoms with Crippen LogP contribution in [0.2, 0.25) is 0 Å². The van der Waals surface area contributed by atoms with E-state index >= 15 is 0 Å². The molecule has 0 bridgehead atoms.